The van der Waals surface area contributed by atoms with Crippen LogP contribution in [0.15, 0.2) is 30.3 Å². The van der Waals surface area contributed by atoms with Gasteiger partial charge in [0.05, 0.1) is 12.1 Å². The number of hydrogen-bond donors (Lipinski definition) is 1. The monoisotopic (exact) mass is 275 g/mol. The van der Waals surface area contributed by atoms with Crippen molar-refractivity contribution in [1.82, 2.24) is 9.78 Å². The van der Waals surface area contributed by atoms with Gasteiger partial charge in [-0.2, -0.15) is 9.78 Å². The van der Waals surface area contributed by atoms with Crippen LogP contribution in [0.1, 0.15) is 36.8 Å². The number of carbonyl (C=O) groups is 1. The van der Waals surface area contributed by atoms with Gasteiger partial charge in [0.15, 0.2) is 0 Å². The molecular weight excluding hydrogens is 257 g/mol. The van der Waals surface area contributed by atoms with Crippen LogP contribution in [-0.2, 0) is 11.8 Å². The van der Waals surface area contributed by atoms with Crippen LogP contribution in [0.2, 0.25) is 0 Å². The van der Waals surface area contributed by atoms with Gasteiger partial charge in [-0.25, -0.2) is 4.39 Å². The lowest BCUT2D eigenvalue weighted by Crippen LogP contribution is -2.19. The maximum absolute atomic E-state index is 13.5. The normalized spacial score (nSPS) is 11.6. The topological polar surface area (TPSA) is 60.9 Å². The fraction of sp³-hybridized carbons (Fsp3) is 0.333. The van der Waals surface area contributed by atoms with Gasteiger partial charge >= 0.3 is 0 Å². The molecule has 0 unspecified atom stereocenters. The van der Waals surface area contributed by atoms with E-state index >= 15 is 0 Å². The molecule has 0 fully saturated rings. The number of rotatable bonds is 2. The minimum absolute atomic E-state index is 0.0673. The van der Waals surface area contributed by atoms with E-state index in [1.807, 2.05) is 20.8 Å². The quantitative estimate of drug-likeness (QED) is 0.916. The molecule has 0 bridgehead atoms. The molecule has 1 heterocycles. The van der Waals surface area contributed by atoms with E-state index in [1.165, 1.54) is 6.07 Å². The summed E-state index contributed by atoms with van der Waals surface area (Å²) >= 11 is 0. The number of aromatic nitrogens is 2. The highest BCUT2D eigenvalue weighted by Crippen LogP contribution is 2.22. The van der Waals surface area contributed by atoms with Crippen molar-refractivity contribution in [2.75, 3.05) is 5.73 Å². The van der Waals surface area contributed by atoms with E-state index in [0.29, 0.717) is 5.56 Å². The molecule has 0 aliphatic rings. The zero-order chi connectivity index (χ0) is 14.9. The van der Waals surface area contributed by atoms with Gasteiger partial charge in [0, 0.05) is 11.5 Å². The largest absolute Gasteiger partial charge is 0.383 e. The summed E-state index contributed by atoms with van der Waals surface area (Å²) in [5.74, 6) is -0.470. The van der Waals surface area contributed by atoms with Crippen molar-refractivity contribution in [1.29, 1.82) is 0 Å². The lowest BCUT2D eigenvalue weighted by atomic mass is 9.92. The van der Waals surface area contributed by atoms with Gasteiger partial charge in [-0.15, -0.1) is 0 Å². The molecule has 0 amide bonds. The van der Waals surface area contributed by atoms with Crippen molar-refractivity contribution in [3.63, 3.8) is 0 Å². The van der Waals surface area contributed by atoms with Gasteiger partial charge < -0.3 is 5.73 Å². The predicted molar refractivity (Wildman–Crippen MR) is 76.1 cm³/mol. The van der Waals surface area contributed by atoms with E-state index < -0.39 is 5.82 Å². The molecule has 0 saturated carbocycles. The first-order chi connectivity index (χ1) is 9.29. The molecule has 0 radical (unpaired) electrons. The van der Waals surface area contributed by atoms with E-state index in [1.54, 1.807) is 24.3 Å². The highest BCUT2D eigenvalue weighted by Gasteiger charge is 2.21. The Balaban J connectivity index is 2.27. The second-order valence-corrected chi connectivity index (χ2v) is 5.78. The second kappa shape index (κ2) is 5.07. The predicted octanol–water partition coefficient (Wildman–Crippen LogP) is 2.78. The molecular formula is C15H18FN3O. The van der Waals surface area contributed by atoms with Crippen LogP contribution in [0.25, 0.3) is 0 Å². The number of benzene rings is 1. The molecule has 5 heteroatoms. The zero-order valence-electron chi connectivity index (χ0n) is 11.9. The van der Waals surface area contributed by atoms with Crippen LogP contribution in [-0.4, -0.2) is 15.7 Å². The highest BCUT2D eigenvalue weighted by molar-refractivity contribution is 5.83. The van der Waals surface area contributed by atoms with E-state index in [9.17, 15) is 9.18 Å². The molecule has 0 atom stereocenters. The number of nitrogens with zero attached hydrogens (tertiary/aromatic N) is 2. The molecule has 1 aromatic carbocycles. The molecule has 4 nitrogen and oxygen atoms in total. The number of halogens is 1. The van der Waals surface area contributed by atoms with Crippen LogP contribution in [0, 0.1) is 5.82 Å². The Kier molecular flexibility index (Phi) is 3.61. The molecule has 0 saturated heterocycles. The van der Waals surface area contributed by atoms with Crippen molar-refractivity contribution in [3.05, 3.63) is 47.4 Å². The molecule has 2 N–H and O–H groups in total. The van der Waals surface area contributed by atoms with E-state index in [0.717, 1.165) is 10.4 Å². The minimum atomic E-state index is -0.400. The van der Waals surface area contributed by atoms with Crippen molar-refractivity contribution >= 4 is 11.7 Å². The molecule has 0 spiro atoms. The number of nitrogen functional groups attached to an aromatic ring is 1. The van der Waals surface area contributed by atoms with Crippen LogP contribution >= 0.6 is 0 Å². The van der Waals surface area contributed by atoms with Crippen molar-refractivity contribution in [2.24, 2.45) is 0 Å². The molecule has 0 aliphatic heterocycles. The Labute approximate surface area is 117 Å². The summed E-state index contributed by atoms with van der Waals surface area (Å²) in [6.07, 6.45) is -0.0673. The maximum atomic E-state index is 13.5. The SMILES string of the molecule is CC(C)(C)c1cc(N)n(C(=O)Cc2ccccc2F)n1. The molecule has 1 aromatic heterocycles. The van der Waals surface area contributed by atoms with Crippen LogP contribution in [0.5, 0.6) is 0 Å². The summed E-state index contributed by atoms with van der Waals surface area (Å²) in [5, 5.41) is 4.23. The fourth-order valence-corrected chi connectivity index (χ4v) is 1.84. The number of nitrogens with two attached hydrogens (primary N) is 1. The molecule has 20 heavy (non-hydrogen) atoms. The van der Waals surface area contributed by atoms with Gasteiger partial charge in [0.2, 0.25) is 0 Å². The molecule has 0 aliphatic carbocycles. The molecule has 2 rings (SSSR count). The first kappa shape index (κ1) is 14.2. The maximum Gasteiger partial charge on any atom is 0.253 e. The van der Waals surface area contributed by atoms with Crippen LogP contribution in [0.4, 0.5) is 10.2 Å². The highest BCUT2D eigenvalue weighted by atomic mass is 19.1. The Hall–Kier alpha value is -2.17. The fourth-order valence-electron chi connectivity index (χ4n) is 1.84. The Morgan fingerprint density at radius 1 is 1.35 bits per heavy atom. The summed E-state index contributed by atoms with van der Waals surface area (Å²) in [6, 6.07) is 7.87. The molecule has 106 valence electrons. The van der Waals surface area contributed by atoms with Gasteiger partial charge in [-0.05, 0) is 11.6 Å². The molecule has 2 aromatic rings. The Morgan fingerprint density at radius 3 is 2.55 bits per heavy atom. The third kappa shape index (κ3) is 2.87. The van der Waals surface area contributed by atoms with Gasteiger partial charge in [0.1, 0.15) is 11.6 Å². The van der Waals surface area contributed by atoms with E-state index in [2.05, 4.69) is 5.10 Å². The van der Waals surface area contributed by atoms with E-state index in [4.69, 9.17) is 5.73 Å². The lowest BCUT2D eigenvalue weighted by Gasteiger charge is -2.13. The summed E-state index contributed by atoms with van der Waals surface area (Å²) in [5.41, 5.74) is 6.69. The van der Waals surface area contributed by atoms with Gasteiger partial charge in [0.25, 0.3) is 5.91 Å². The number of carbonyl (C=O) groups excluding carboxylic acids is 1. The lowest BCUT2D eigenvalue weighted by molar-refractivity contribution is 0.0899. The summed E-state index contributed by atoms with van der Waals surface area (Å²) in [4.78, 5) is 12.2. The van der Waals surface area contributed by atoms with Gasteiger partial charge in [-0.3, -0.25) is 4.79 Å². The van der Waals surface area contributed by atoms with Gasteiger partial charge in [-0.1, -0.05) is 39.0 Å². The minimum Gasteiger partial charge on any atom is -0.383 e. The number of hydrogen-bond acceptors (Lipinski definition) is 3. The van der Waals surface area contributed by atoms with E-state index in [-0.39, 0.29) is 23.6 Å². The number of anilines is 1. The zero-order valence-corrected chi connectivity index (χ0v) is 11.9. The third-order valence-electron chi connectivity index (χ3n) is 3.04. The first-order valence-corrected chi connectivity index (χ1v) is 6.41. The van der Waals surface area contributed by atoms with Crippen LogP contribution < -0.4 is 5.73 Å². The van der Waals surface area contributed by atoms with Crippen molar-refractivity contribution in [3.8, 4) is 0 Å². The average molecular weight is 275 g/mol. The Bertz CT molecular complexity index is 641. The third-order valence-corrected chi connectivity index (χ3v) is 3.04. The average Bonchev–Trinajstić information content (AvgIpc) is 2.74. The summed E-state index contributed by atoms with van der Waals surface area (Å²) in [7, 11) is 0. The van der Waals surface area contributed by atoms with Crippen molar-refractivity contribution < 1.29 is 9.18 Å². The Morgan fingerprint density at radius 2 is 2.00 bits per heavy atom. The van der Waals surface area contributed by atoms with Crippen molar-refractivity contribution in [2.45, 2.75) is 32.6 Å². The standard InChI is InChI=1S/C15H18FN3O/c1-15(2,3)12-9-13(17)19(18-12)14(20)8-10-6-4-5-7-11(10)16/h4-7,9H,8,17H2,1-3H3. The smallest absolute Gasteiger partial charge is 0.253 e. The first-order valence-electron chi connectivity index (χ1n) is 6.41. The van der Waals surface area contributed by atoms with Crippen LogP contribution in [0.3, 0.4) is 0 Å². The summed E-state index contributed by atoms with van der Waals surface area (Å²) < 4.78 is 14.7. The second-order valence-electron chi connectivity index (χ2n) is 5.78. The summed E-state index contributed by atoms with van der Waals surface area (Å²) in [6.45, 7) is 5.96.